The minimum atomic E-state index is -0.541. The van der Waals surface area contributed by atoms with Gasteiger partial charge in [0.1, 0.15) is 6.04 Å². The van der Waals surface area contributed by atoms with Gasteiger partial charge in [-0.05, 0) is 30.9 Å². The molecule has 0 aliphatic heterocycles. The van der Waals surface area contributed by atoms with E-state index in [1.165, 1.54) is 7.11 Å². The fraction of sp³-hybridized carbons (Fsp3) is 0.429. The number of nitrogens with zero attached hydrogens (tertiary/aromatic N) is 1. The monoisotopic (exact) mass is 278 g/mol. The lowest BCUT2D eigenvalue weighted by molar-refractivity contribution is -0.143. The van der Waals surface area contributed by atoms with Crippen molar-refractivity contribution < 1.29 is 9.53 Å². The summed E-state index contributed by atoms with van der Waals surface area (Å²) in [5, 5.41) is 12.1. The molecule has 0 saturated carbocycles. The molecule has 0 aromatic heterocycles. The second kappa shape index (κ2) is 7.82. The quantitative estimate of drug-likeness (QED) is 0.808. The number of ether oxygens (including phenoxy) is 1. The third-order valence-corrected chi connectivity index (χ3v) is 3.49. The molecular formula is C14H18N2O2S. The highest BCUT2D eigenvalue weighted by molar-refractivity contribution is 7.98. The molecule has 0 aliphatic rings. The molecule has 0 heterocycles. The van der Waals surface area contributed by atoms with E-state index in [1.54, 1.807) is 30.0 Å². The first-order valence-corrected chi connectivity index (χ1v) is 7.34. The molecule has 0 saturated heterocycles. The molecule has 0 aliphatic carbocycles. The van der Waals surface area contributed by atoms with Crippen LogP contribution in [-0.4, -0.2) is 31.1 Å². The molecule has 1 aromatic rings. The number of thioether (sulfide) groups is 1. The van der Waals surface area contributed by atoms with E-state index in [0.717, 1.165) is 11.3 Å². The maximum atomic E-state index is 11.9. The van der Waals surface area contributed by atoms with E-state index >= 15 is 0 Å². The summed E-state index contributed by atoms with van der Waals surface area (Å²) >= 11 is 1.71. The van der Waals surface area contributed by atoms with Crippen LogP contribution in [0.1, 0.15) is 24.1 Å². The Morgan fingerprint density at radius 3 is 2.89 bits per heavy atom. The van der Waals surface area contributed by atoms with Gasteiger partial charge in [0.25, 0.3) is 0 Å². The number of hydrogen-bond donors (Lipinski definition) is 1. The fourth-order valence-electron chi connectivity index (χ4n) is 1.79. The lowest BCUT2D eigenvalue weighted by Gasteiger charge is -2.21. The minimum Gasteiger partial charge on any atom is -0.468 e. The Bertz CT molecular complexity index is 471. The molecule has 0 unspecified atom stereocenters. The van der Waals surface area contributed by atoms with Crippen molar-refractivity contribution in [3.63, 3.8) is 0 Å². The van der Waals surface area contributed by atoms with Crippen LogP contribution in [0, 0.1) is 11.3 Å². The van der Waals surface area contributed by atoms with E-state index < -0.39 is 6.04 Å². The second-order valence-electron chi connectivity index (χ2n) is 4.22. The van der Waals surface area contributed by atoms with Crippen LogP contribution in [0.2, 0.25) is 0 Å². The molecule has 1 rings (SSSR count). The molecule has 1 aromatic carbocycles. The van der Waals surface area contributed by atoms with Gasteiger partial charge in [0, 0.05) is 11.8 Å². The number of nitrogens with one attached hydrogen (secondary N) is 1. The molecule has 5 heteroatoms. The van der Waals surface area contributed by atoms with Crippen LogP contribution in [0.4, 0.5) is 0 Å². The van der Waals surface area contributed by atoms with Crippen LogP contribution in [0.3, 0.4) is 0 Å². The van der Waals surface area contributed by atoms with Crippen LogP contribution in [0.5, 0.6) is 0 Å². The highest BCUT2D eigenvalue weighted by atomic mass is 32.2. The molecule has 0 radical (unpaired) electrons. The minimum absolute atomic E-state index is 0.171. The Labute approximate surface area is 118 Å². The second-order valence-corrected chi connectivity index (χ2v) is 5.13. The molecule has 102 valence electrons. The third-order valence-electron chi connectivity index (χ3n) is 2.65. The Morgan fingerprint density at radius 2 is 2.32 bits per heavy atom. The van der Waals surface area contributed by atoms with Gasteiger partial charge in [-0.2, -0.15) is 17.0 Å². The summed E-state index contributed by atoms with van der Waals surface area (Å²) in [5.74, 6) is 0.550. The zero-order valence-electron chi connectivity index (χ0n) is 11.3. The number of rotatable bonds is 6. The molecule has 4 nitrogen and oxygen atoms in total. The van der Waals surface area contributed by atoms with E-state index in [9.17, 15) is 4.79 Å². The van der Waals surface area contributed by atoms with Gasteiger partial charge in [0.15, 0.2) is 0 Å². The van der Waals surface area contributed by atoms with E-state index in [2.05, 4.69) is 11.4 Å². The van der Waals surface area contributed by atoms with Crippen molar-refractivity contribution in [3.8, 4) is 6.07 Å². The van der Waals surface area contributed by atoms with Crippen molar-refractivity contribution in [1.82, 2.24) is 5.32 Å². The standard InChI is InChI=1S/C14H18N2O2S/c1-10(9-19-3)16-13(14(17)18-2)12-6-4-5-11(7-12)8-15/h4-7,10,13,16H,9H2,1-3H3/t10-,13+/m1/s1. The van der Waals surface area contributed by atoms with E-state index in [0.29, 0.717) is 5.56 Å². The summed E-state index contributed by atoms with van der Waals surface area (Å²) in [4.78, 5) is 11.9. The van der Waals surface area contributed by atoms with Gasteiger partial charge in [-0.3, -0.25) is 5.32 Å². The third kappa shape index (κ3) is 4.58. The highest BCUT2D eigenvalue weighted by Gasteiger charge is 2.23. The number of carbonyl (C=O) groups is 1. The Morgan fingerprint density at radius 1 is 1.58 bits per heavy atom. The number of methoxy groups -OCH3 is 1. The van der Waals surface area contributed by atoms with Crippen molar-refractivity contribution >= 4 is 17.7 Å². The zero-order valence-corrected chi connectivity index (χ0v) is 12.2. The fourth-order valence-corrected chi connectivity index (χ4v) is 2.38. The van der Waals surface area contributed by atoms with Crippen LogP contribution >= 0.6 is 11.8 Å². The summed E-state index contributed by atoms with van der Waals surface area (Å²) in [7, 11) is 1.37. The normalized spacial score (nSPS) is 13.4. The molecule has 0 bridgehead atoms. The summed E-state index contributed by atoms with van der Waals surface area (Å²) in [6.45, 7) is 2.01. The summed E-state index contributed by atoms with van der Waals surface area (Å²) in [6, 6.07) is 8.71. The van der Waals surface area contributed by atoms with Gasteiger partial charge in [0.05, 0.1) is 18.7 Å². The van der Waals surface area contributed by atoms with E-state index in [1.807, 2.05) is 19.2 Å². The van der Waals surface area contributed by atoms with Crippen LogP contribution in [0.25, 0.3) is 0 Å². The molecule has 0 amide bonds. The zero-order chi connectivity index (χ0) is 14.3. The number of benzene rings is 1. The largest absolute Gasteiger partial charge is 0.468 e. The SMILES string of the molecule is COC(=O)[C@@H](N[C@H](C)CSC)c1cccc(C#N)c1. The van der Waals surface area contributed by atoms with Crippen molar-refractivity contribution in [2.75, 3.05) is 19.1 Å². The maximum absolute atomic E-state index is 11.9. The van der Waals surface area contributed by atoms with Gasteiger partial charge >= 0.3 is 5.97 Å². The van der Waals surface area contributed by atoms with Gasteiger partial charge in [-0.25, -0.2) is 4.79 Å². The first-order chi connectivity index (χ1) is 9.12. The lowest BCUT2D eigenvalue weighted by atomic mass is 10.0. The number of esters is 1. The van der Waals surface area contributed by atoms with Crippen molar-refractivity contribution in [1.29, 1.82) is 5.26 Å². The van der Waals surface area contributed by atoms with Gasteiger partial charge in [-0.1, -0.05) is 12.1 Å². The molecule has 19 heavy (non-hydrogen) atoms. The number of nitriles is 1. The van der Waals surface area contributed by atoms with Crippen molar-refractivity contribution in [2.45, 2.75) is 19.0 Å². The van der Waals surface area contributed by atoms with Crippen LogP contribution in [0.15, 0.2) is 24.3 Å². The topological polar surface area (TPSA) is 62.1 Å². The summed E-state index contributed by atoms with van der Waals surface area (Å²) < 4.78 is 4.83. The molecule has 0 fully saturated rings. The number of hydrogen-bond acceptors (Lipinski definition) is 5. The predicted octanol–water partition coefficient (Wildman–Crippen LogP) is 2.11. The Balaban J connectivity index is 2.96. The molecular weight excluding hydrogens is 260 g/mol. The highest BCUT2D eigenvalue weighted by Crippen LogP contribution is 2.17. The van der Waals surface area contributed by atoms with Gasteiger partial charge < -0.3 is 4.74 Å². The average Bonchev–Trinajstić information content (AvgIpc) is 2.44. The summed E-state index contributed by atoms with van der Waals surface area (Å²) in [5.41, 5.74) is 1.28. The predicted molar refractivity (Wildman–Crippen MR) is 76.9 cm³/mol. The first-order valence-electron chi connectivity index (χ1n) is 5.95. The Kier molecular flexibility index (Phi) is 6.40. The van der Waals surface area contributed by atoms with Gasteiger partial charge in [0.2, 0.25) is 0 Å². The maximum Gasteiger partial charge on any atom is 0.327 e. The average molecular weight is 278 g/mol. The Hall–Kier alpha value is -1.51. The van der Waals surface area contributed by atoms with Crippen LogP contribution < -0.4 is 5.32 Å². The summed E-state index contributed by atoms with van der Waals surface area (Å²) in [6.07, 6.45) is 2.02. The van der Waals surface area contributed by atoms with Crippen molar-refractivity contribution in [3.05, 3.63) is 35.4 Å². The molecule has 0 spiro atoms. The lowest BCUT2D eigenvalue weighted by Crippen LogP contribution is -2.37. The first kappa shape index (κ1) is 15.5. The smallest absolute Gasteiger partial charge is 0.327 e. The molecule has 1 N–H and O–H groups in total. The van der Waals surface area contributed by atoms with E-state index in [4.69, 9.17) is 10.00 Å². The van der Waals surface area contributed by atoms with Crippen molar-refractivity contribution in [2.24, 2.45) is 0 Å². The van der Waals surface area contributed by atoms with Gasteiger partial charge in [-0.15, -0.1) is 0 Å². The van der Waals surface area contributed by atoms with Crippen LogP contribution in [-0.2, 0) is 9.53 Å². The number of carbonyl (C=O) groups excluding carboxylic acids is 1. The molecule has 2 atom stereocenters. The van der Waals surface area contributed by atoms with E-state index in [-0.39, 0.29) is 12.0 Å².